The van der Waals surface area contributed by atoms with Gasteiger partial charge in [-0.25, -0.2) is 0 Å². The van der Waals surface area contributed by atoms with Crippen LogP contribution in [0.5, 0.6) is 0 Å². The third kappa shape index (κ3) is 3.30. The average molecular weight is 253 g/mol. The van der Waals surface area contributed by atoms with Gasteiger partial charge in [-0.1, -0.05) is 6.07 Å². The summed E-state index contributed by atoms with van der Waals surface area (Å²) in [6.45, 7) is 4.25. The molecule has 94 valence electrons. The molecule has 0 radical (unpaired) electrons. The Balaban J connectivity index is 1.85. The van der Waals surface area contributed by atoms with Crippen molar-refractivity contribution in [3.8, 4) is 0 Å². The molecule has 17 heavy (non-hydrogen) atoms. The highest BCUT2D eigenvalue weighted by Crippen LogP contribution is 2.34. The van der Waals surface area contributed by atoms with Crippen LogP contribution < -0.4 is 0 Å². The lowest BCUT2D eigenvalue weighted by Gasteiger charge is -2.22. The number of likely N-dealkylation sites (tertiary alicyclic amines) is 1. The fourth-order valence-corrected chi connectivity index (χ4v) is 3.26. The summed E-state index contributed by atoms with van der Waals surface area (Å²) in [5, 5.41) is 2.12. The van der Waals surface area contributed by atoms with Gasteiger partial charge in [-0.05, 0) is 37.8 Å². The van der Waals surface area contributed by atoms with Gasteiger partial charge in [0.2, 0.25) is 0 Å². The molecule has 1 fully saturated rings. The van der Waals surface area contributed by atoms with Gasteiger partial charge in [0.1, 0.15) is 0 Å². The lowest BCUT2D eigenvalue weighted by atomic mass is 10.2. The number of hydrogen-bond acceptors (Lipinski definition) is 4. The van der Waals surface area contributed by atoms with E-state index < -0.39 is 0 Å². The number of ether oxygens (including phenoxy) is 1. The molecule has 4 heteroatoms. The third-order valence-electron chi connectivity index (χ3n) is 3.14. The van der Waals surface area contributed by atoms with Crippen LogP contribution in [0, 0.1) is 0 Å². The highest BCUT2D eigenvalue weighted by Gasteiger charge is 2.26. The summed E-state index contributed by atoms with van der Waals surface area (Å²) in [5.74, 6) is -0.0793. The van der Waals surface area contributed by atoms with E-state index in [1.807, 2.05) is 18.3 Å². The summed E-state index contributed by atoms with van der Waals surface area (Å²) < 4.78 is 4.96. The van der Waals surface area contributed by atoms with Crippen LogP contribution in [-0.2, 0) is 9.53 Å². The van der Waals surface area contributed by atoms with E-state index in [4.69, 9.17) is 4.74 Å². The second kappa shape index (κ2) is 6.17. The maximum absolute atomic E-state index is 11.3. The van der Waals surface area contributed by atoms with Crippen molar-refractivity contribution in [2.75, 3.05) is 19.7 Å². The zero-order valence-corrected chi connectivity index (χ0v) is 11.0. The predicted octanol–water partition coefficient (Wildman–Crippen LogP) is 2.84. The van der Waals surface area contributed by atoms with Crippen LogP contribution >= 0.6 is 11.3 Å². The summed E-state index contributed by atoms with van der Waals surface area (Å²) in [7, 11) is 0. The smallest absolute Gasteiger partial charge is 0.307 e. The van der Waals surface area contributed by atoms with Crippen LogP contribution in [0.2, 0.25) is 0 Å². The molecule has 3 nitrogen and oxygen atoms in total. The van der Waals surface area contributed by atoms with Gasteiger partial charge in [-0.3, -0.25) is 9.69 Å². The zero-order chi connectivity index (χ0) is 12.1. The van der Waals surface area contributed by atoms with Crippen LogP contribution in [-0.4, -0.2) is 30.6 Å². The average Bonchev–Trinajstić information content (AvgIpc) is 2.97. The number of hydrogen-bond donors (Lipinski definition) is 0. The van der Waals surface area contributed by atoms with E-state index in [1.54, 1.807) is 0 Å². The van der Waals surface area contributed by atoms with Gasteiger partial charge in [0.05, 0.1) is 13.0 Å². The van der Waals surface area contributed by atoms with Crippen LogP contribution in [0.4, 0.5) is 0 Å². The van der Waals surface area contributed by atoms with Gasteiger partial charge in [0, 0.05) is 17.5 Å². The number of thiophene rings is 1. The van der Waals surface area contributed by atoms with E-state index in [9.17, 15) is 4.79 Å². The second-order valence-corrected chi connectivity index (χ2v) is 5.24. The highest BCUT2D eigenvalue weighted by molar-refractivity contribution is 7.10. The van der Waals surface area contributed by atoms with Gasteiger partial charge in [-0.2, -0.15) is 0 Å². The quantitative estimate of drug-likeness (QED) is 0.756. The summed E-state index contributed by atoms with van der Waals surface area (Å²) in [5.41, 5.74) is 0. The molecule has 0 bridgehead atoms. The molecule has 1 atom stereocenters. The molecule has 1 saturated heterocycles. The fraction of sp³-hybridized carbons (Fsp3) is 0.615. The van der Waals surface area contributed by atoms with Crippen molar-refractivity contribution < 1.29 is 9.53 Å². The molecule has 0 unspecified atom stereocenters. The lowest BCUT2D eigenvalue weighted by Crippen LogP contribution is -2.26. The standard InChI is InChI=1S/C13H19NO2S/c1-2-16-13(15)7-9-14-8-3-5-11(14)12-6-4-10-17-12/h4,6,10-11H,2-3,5,7-9H2,1H3/t11-/m1/s1. The first-order valence-electron chi connectivity index (χ1n) is 6.24. The molecule has 0 spiro atoms. The van der Waals surface area contributed by atoms with Crippen molar-refractivity contribution in [1.29, 1.82) is 0 Å². The molecule has 1 aromatic rings. The summed E-state index contributed by atoms with van der Waals surface area (Å²) in [4.78, 5) is 15.2. The first-order valence-corrected chi connectivity index (χ1v) is 7.12. The lowest BCUT2D eigenvalue weighted by molar-refractivity contribution is -0.143. The van der Waals surface area contributed by atoms with E-state index in [-0.39, 0.29) is 5.97 Å². The number of carbonyl (C=O) groups excluding carboxylic acids is 1. The van der Waals surface area contributed by atoms with Crippen molar-refractivity contribution in [3.05, 3.63) is 22.4 Å². The molecule has 1 aliphatic rings. The number of rotatable bonds is 5. The Labute approximate surface area is 106 Å². The molecular formula is C13H19NO2S. The molecule has 0 saturated carbocycles. The number of esters is 1. The van der Waals surface area contributed by atoms with Gasteiger partial charge >= 0.3 is 5.97 Å². The zero-order valence-electron chi connectivity index (χ0n) is 10.2. The second-order valence-electron chi connectivity index (χ2n) is 4.26. The van der Waals surface area contributed by atoms with Crippen LogP contribution in [0.25, 0.3) is 0 Å². The monoisotopic (exact) mass is 253 g/mol. The van der Waals surface area contributed by atoms with Gasteiger partial charge in [-0.15, -0.1) is 11.3 Å². The Morgan fingerprint density at radius 2 is 2.53 bits per heavy atom. The SMILES string of the molecule is CCOC(=O)CCN1CCC[C@@H]1c1cccs1. The molecule has 2 heterocycles. The van der Waals surface area contributed by atoms with Crippen molar-refractivity contribution in [2.24, 2.45) is 0 Å². The molecular weight excluding hydrogens is 234 g/mol. The van der Waals surface area contributed by atoms with Crippen molar-refractivity contribution >= 4 is 17.3 Å². The minimum Gasteiger partial charge on any atom is -0.466 e. The Kier molecular flexibility index (Phi) is 4.57. The van der Waals surface area contributed by atoms with E-state index in [0.717, 1.165) is 13.1 Å². The summed E-state index contributed by atoms with van der Waals surface area (Å²) in [6, 6.07) is 4.81. The normalized spacial score (nSPS) is 20.6. The summed E-state index contributed by atoms with van der Waals surface area (Å²) >= 11 is 1.81. The van der Waals surface area contributed by atoms with Crippen molar-refractivity contribution in [2.45, 2.75) is 32.2 Å². The van der Waals surface area contributed by atoms with Crippen molar-refractivity contribution in [3.63, 3.8) is 0 Å². The van der Waals surface area contributed by atoms with Crippen molar-refractivity contribution in [1.82, 2.24) is 4.90 Å². The molecule has 1 aliphatic heterocycles. The maximum atomic E-state index is 11.3. The number of nitrogens with zero attached hydrogens (tertiary/aromatic N) is 1. The van der Waals surface area contributed by atoms with E-state index in [2.05, 4.69) is 22.4 Å². The van der Waals surface area contributed by atoms with E-state index in [0.29, 0.717) is 19.1 Å². The molecule has 0 N–H and O–H groups in total. The third-order valence-corrected chi connectivity index (χ3v) is 4.12. The first kappa shape index (κ1) is 12.6. The van der Waals surface area contributed by atoms with E-state index >= 15 is 0 Å². The van der Waals surface area contributed by atoms with E-state index in [1.165, 1.54) is 17.7 Å². The topological polar surface area (TPSA) is 29.5 Å². The van der Waals surface area contributed by atoms with Gasteiger partial charge < -0.3 is 4.74 Å². The Hall–Kier alpha value is -0.870. The van der Waals surface area contributed by atoms with Gasteiger partial charge in [0.25, 0.3) is 0 Å². The summed E-state index contributed by atoms with van der Waals surface area (Å²) in [6.07, 6.45) is 2.95. The minimum absolute atomic E-state index is 0.0793. The molecule has 0 aromatic carbocycles. The molecule has 1 aromatic heterocycles. The largest absolute Gasteiger partial charge is 0.466 e. The number of carbonyl (C=O) groups is 1. The van der Waals surface area contributed by atoms with Gasteiger partial charge in [0.15, 0.2) is 0 Å². The Morgan fingerprint density at radius 1 is 1.65 bits per heavy atom. The Bertz CT molecular complexity index is 350. The fourth-order valence-electron chi connectivity index (χ4n) is 2.36. The van der Waals surface area contributed by atoms with Crippen LogP contribution in [0.1, 0.15) is 37.1 Å². The molecule has 0 amide bonds. The van der Waals surface area contributed by atoms with Crippen LogP contribution in [0.3, 0.4) is 0 Å². The van der Waals surface area contributed by atoms with Crippen LogP contribution in [0.15, 0.2) is 17.5 Å². The maximum Gasteiger partial charge on any atom is 0.307 e. The first-order chi connectivity index (χ1) is 8.31. The minimum atomic E-state index is -0.0793. The highest BCUT2D eigenvalue weighted by atomic mass is 32.1. The molecule has 0 aliphatic carbocycles. The Morgan fingerprint density at radius 3 is 3.24 bits per heavy atom. The molecule has 2 rings (SSSR count). The predicted molar refractivity (Wildman–Crippen MR) is 69.1 cm³/mol.